The molecular formula is C22H33N3O6S. The lowest BCUT2D eigenvalue weighted by Gasteiger charge is -2.24. The van der Waals surface area contributed by atoms with Crippen molar-refractivity contribution in [2.75, 3.05) is 19.8 Å². The minimum atomic E-state index is -3.94. The predicted octanol–water partition coefficient (Wildman–Crippen LogP) is 1.14. The monoisotopic (exact) mass is 467 g/mol. The van der Waals surface area contributed by atoms with Crippen molar-refractivity contribution in [3.05, 3.63) is 30.3 Å². The number of carbonyl (C=O) groups is 3. The molecule has 1 aromatic carbocycles. The van der Waals surface area contributed by atoms with Crippen LogP contribution in [0.25, 0.3) is 0 Å². The molecule has 0 bridgehead atoms. The quantitative estimate of drug-likeness (QED) is 0.516. The van der Waals surface area contributed by atoms with Gasteiger partial charge in [0, 0.05) is 19.8 Å². The van der Waals surface area contributed by atoms with Gasteiger partial charge in [-0.3, -0.25) is 14.4 Å². The molecule has 0 aromatic heterocycles. The SMILES string of the molecule is CC(C)CC(NS(=O)(=O)c1ccccc1)C(=O)NC1CCCOCCCCNC(=O)C1=O. The molecule has 2 atom stereocenters. The van der Waals surface area contributed by atoms with Crippen LogP contribution in [0.1, 0.15) is 46.0 Å². The van der Waals surface area contributed by atoms with Gasteiger partial charge in [-0.05, 0) is 50.2 Å². The first kappa shape index (κ1) is 26.0. The van der Waals surface area contributed by atoms with Crippen molar-refractivity contribution in [3.63, 3.8) is 0 Å². The number of nitrogens with one attached hydrogen (secondary N) is 3. The number of hydrogen-bond donors (Lipinski definition) is 3. The molecule has 1 heterocycles. The fourth-order valence-electron chi connectivity index (χ4n) is 3.34. The van der Waals surface area contributed by atoms with E-state index in [1.807, 2.05) is 13.8 Å². The Labute approximate surface area is 189 Å². The van der Waals surface area contributed by atoms with Gasteiger partial charge >= 0.3 is 0 Å². The predicted molar refractivity (Wildman–Crippen MR) is 119 cm³/mol. The van der Waals surface area contributed by atoms with Crippen molar-refractivity contribution in [1.82, 2.24) is 15.4 Å². The van der Waals surface area contributed by atoms with Crippen LogP contribution in [0.3, 0.4) is 0 Å². The summed E-state index contributed by atoms with van der Waals surface area (Å²) in [4.78, 5) is 37.9. The third-order valence-corrected chi connectivity index (χ3v) is 6.50. The molecule has 3 N–H and O–H groups in total. The Bertz CT molecular complexity index is 873. The summed E-state index contributed by atoms with van der Waals surface area (Å²) in [5, 5.41) is 5.17. The van der Waals surface area contributed by atoms with E-state index >= 15 is 0 Å². The summed E-state index contributed by atoms with van der Waals surface area (Å²) >= 11 is 0. The van der Waals surface area contributed by atoms with Crippen LogP contribution in [-0.2, 0) is 29.1 Å². The van der Waals surface area contributed by atoms with Crippen LogP contribution < -0.4 is 15.4 Å². The second-order valence-electron chi connectivity index (χ2n) is 8.26. The zero-order valence-electron chi connectivity index (χ0n) is 18.6. The van der Waals surface area contributed by atoms with E-state index in [-0.39, 0.29) is 23.7 Å². The zero-order valence-corrected chi connectivity index (χ0v) is 19.4. The Balaban J connectivity index is 2.16. The third-order valence-electron chi connectivity index (χ3n) is 5.01. The van der Waals surface area contributed by atoms with Crippen LogP contribution in [0.4, 0.5) is 0 Å². The number of rotatable bonds is 7. The fraction of sp³-hybridized carbons (Fsp3) is 0.591. The molecule has 1 fully saturated rings. The van der Waals surface area contributed by atoms with E-state index in [1.54, 1.807) is 18.2 Å². The molecular weight excluding hydrogens is 434 g/mol. The second kappa shape index (κ2) is 12.7. The largest absolute Gasteiger partial charge is 0.381 e. The van der Waals surface area contributed by atoms with Crippen LogP contribution in [0.2, 0.25) is 0 Å². The standard InChI is InChI=1S/C22H33N3O6S/c1-16(2)15-19(25-32(29,30)17-9-4-3-5-10-17)21(27)24-18-11-8-14-31-13-7-6-12-23-22(28)20(18)26/h3-5,9-10,16,18-19,25H,6-8,11-15H2,1-2H3,(H,23,28)(H,24,27). The maximum Gasteiger partial charge on any atom is 0.289 e. The van der Waals surface area contributed by atoms with Gasteiger partial charge in [0.05, 0.1) is 10.9 Å². The van der Waals surface area contributed by atoms with Gasteiger partial charge in [-0.1, -0.05) is 32.0 Å². The summed E-state index contributed by atoms with van der Waals surface area (Å²) in [6, 6.07) is 5.62. The first-order chi connectivity index (χ1) is 15.2. The van der Waals surface area contributed by atoms with Crippen molar-refractivity contribution in [2.45, 2.75) is 62.9 Å². The summed E-state index contributed by atoms with van der Waals surface area (Å²) in [5.74, 6) is -2.12. The number of sulfonamides is 1. The second-order valence-corrected chi connectivity index (χ2v) is 9.97. The Kier molecular flexibility index (Phi) is 10.3. The molecule has 0 radical (unpaired) electrons. The van der Waals surface area contributed by atoms with Crippen LogP contribution in [0.5, 0.6) is 0 Å². The number of carbonyl (C=O) groups excluding carboxylic acids is 3. The van der Waals surface area contributed by atoms with Gasteiger partial charge in [0.2, 0.25) is 21.7 Å². The number of ketones is 1. The molecule has 9 nitrogen and oxygen atoms in total. The lowest BCUT2D eigenvalue weighted by molar-refractivity contribution is -0.140. The van der Waals surface area contributed by atoms with Crippen molar-refractivity contribution in [1.29, 1.82) is 0 Å². The topological polar surface area (TPSA) is 131 Å². The normalized spacial score (nSPS) is 20.0. The molecule has 2 rings (SSSR count). The van der Waals surface area contributed by atoms with Crippen molar-refractivity contribution in [2.24, 2.45) is 5.92 Å². The number of hydrogen-bond acceptors (Lipinski definition) is 6. The van der Waals surface area contributed by atoms with E-state index in [1.165, 1.54) is 12.1 Å². The highest BCUT2D eigenvalue weighted by molar-refractivity contribution is 7.89. The molecule has 2 amide bonds. The zero-order chi connectivity index (χ0) is 23.6. The van der Waals surface area contributed by atoms with Gasteiger partial charge in [-0.2, -0.15) is 4.72 Å². The molecule has 1 aromatic rings. The fourth-order valence-corrected chi connectivity index (χ4v) is 4.57. The van der Waals surface area contributed by atoms with Crippen molar-refractivity contribution >= 4 is 27.6 Å². The number of amides is 2. The summed E-state index contributed by atoms with van der Waals surface area (Å²) < 4.78 is 33.5. The number of Topliss-reactive ketones (excluding diaryl/α,β-unsaturated/α-hetero) is 1. The highest BCUT2D eigenvalue weighted by Gasteiger charge is 2.32. The molecule has 0 saturated carbocycles. The summed E-state index contributed by atoms with van der Waals surface area (Å²) in [5.41, 5.74) is 0. The van der Waals surface area contributed by atoms with E-state index in [9.17, 15) is 22.8 Å². The molecule has 1 aliphatic heterocycles. The lowest BCUT2D eigenvalue weighted by Crippen LogP contribution is -2.54. The highest BCUT2D eigenvalue weighted by atomic mass is 32.2. The van der Waals surface area contributed by atoms with Crippen LogP contribution >= 0.6 is 0 Å². The van der Waals surface area contributed by atoms with E-state index < -0.39 is 39.7 Å². The van der Waals surface area contributed by atoms with Crippen LogP contribution in [-0.4, -0.2) is 57.9 Å². The first-order valence-electron chi connectivity index (χ1n) is 11.0. The van der Waals surface area contributed by atoms with E-state index in [0.29, 0.717) is 32.6 Å². The molecule has 1 aliphatic rings. The highest BCUT2D eigenvalue weighted by Crippen LogP contribution is 2.13. The van der Waals surface area contributed by atoms with E-state index in [0.717, 1.165) is 6.42 Å². The first-order valence-corrected chi connectivity index (χ1v) is 12.5. The maximum atomic E-state index is 13.0. The Hall–Kier alpha value is -2.30. The van der Waals surface area contributed by atoms with Crippen molar-refractivity contribution < 1.29 is 27.5 Å². The van der Waals surface area contributed by atoms with Gasteiger partial charge in [-0.25, -0.2) is 8.42 Å². The van der Waals surface area contributed by atoms with Crippen LogP contribution in [0.15, 0.2) is 35.2 Å². The number of ether oxygens (including phenoxy) is 1. The third kappa shape index (κ3) is 8.33. The van der Waals surface area contributed by atoms with Gasteiger partial charge in [0.1, 0.15) is 6.04 Å². The van der Waals surface area contributed by atoms with E-state index in [2.05, 4.69) is 15.4 Å². The molecule has 178 valence electrons. The minimum Gasteiger partial charge on any atom is -0.381 e. The molecule has 1 saturated heterocycles. The Morgan fingerprint density at radius 3 is 2.50 bits per heavy atom. The van der Waals surface area contributed by atoms with Gasteiger partial charge in [-0.15, -0.1) is 0 Å². The molecule has 0 spiro atoms. The summed E-state index contributed by atoms with van der Waals surface area (Å²) in [6.07, 6.45) is 2.40. The smallest absolute Gasteiger partial charge is 0.289 e. The molecule has 2 unspecified atom stereocenters. The van der Waals surface area contributed by atoms with Crippen LogP contribution in [0, 0.1) is 5.92 Å². The average Bonchev–Trinajstić information content (AvgIpc) is 2.75. The van der Waals surface area contributed by atoms with Crippen molar-refractivity contribution in [3.8, 4) is 0 Å². The summed E-state index contributed by atoms with van der Waals surface area (Å²) in [6.45, 7) is 5.06. The average molecular weight is 468 g/mol. The molecule has 0 aliphatic carbocycles. The number of benzene rings is 1. The Morgan fingerprint density at radius 2 is 1.81 bits per heavy atom. The molecule has 10 heteroatoms. The van der Waals surface area contributed by atoms with Gasteiger partial charge in [0.25, 0.3) is 5.91 Å². The Morgan fingerprint density at radius 1 is 1.12 bits per heavy atom. The van der Waals surface area contributed by atoms with Gasteiger partial charge in [0.15, 0.2) is 0 Å². The molecule has 32 heavy (non-hydrogen) atoms. The minimum absolute atomic E-state index is 0.00734. The lowest BCUT2D eigenvalue weighted by atomic mass is 10.0. The van der Waals surface area contributed by atoms with Gasteiger partial charge < -0.3 is 15.4 Å². The van der Waals surface area contributed by atoms with E-state index in [4.69, 9.17) is 4.74 Å². The maximum absolute atomic E-state index is 13.0. The summed E-state index contributed by atoms with van der Waals surface area (Å²) in [7, 11) is -3.94.